The van der Waals surface area contributed by atoms with E-state index in [2.05, 4.69) is 5.32 Å². The minimum Gasteiger partial charge on any atom is -0.302 e. The van der Waals surface area contributed by atoms with E-state index in [1.165, 1.54) is 6.42 Å². The van der Waals surface area contributed by atoms with Gasteiger partial charge < -0.3 is 5.32 Å². The predicted molar refractivity (Wildman–Crippen MR) is 59.7 cm³/mol. The standard InChI is InChI=1S/C12H18F3NO/c13-12(14,15)9-16-8-11(17)10-6-4-2-1-3-5-7-10/h6,16H,1-5,7-9H2. The van der Waals surface area contributed by atoms with Crippen LogP contribution in [0.1, 0.15) is 38.5 Å². The van der Waals surface area contributed by atoms with Crippen molar-refractivity contribution in [1.82, 2.24) is 5.32 Å². The molecule has 1 rings (SSSR count). The maximum Gasteiger partial charge on any atom is 0.401 e. The van der Waals surface area contributed by atoms with Crippen LogP contribution in [0.3, 0.4) is 0 Å². The zero-order valence-electron chi connectivity index (χ0n) is 9.78. The lowest BCUT2D eigenvalue weighted by Gasteiger charge is -2.12. The average molecular weight is 249 g/mol. The van der Waals surface area contributed by atoms with Gasteiger partial charge in [-0.3, -0.25) is 4.79 Å². The van der Waals surface area contributed by atoms with E-state index in [9.17, 15) is 18.0 Å². The topological polar surface area (TPSA) is 29.1 Å². The van der Waals surface area contributed by atoms with Crippen molar-refractivity contribution in [2.24, 2.45) is 0 Å². The van der Waals surface area contributed by atoms with Crippen LogP contribution in [0.5, 0.6) is 0 Å². The highest BCUT2D eigenvalue weighted by atomic mass is 19.4. The highest BCUT2D eigenvalue weighted by Gasteiger charge is 2.26. The Bertz CT molecular complexity index is 284. The van der Waals surface area contributed by atoms with Crippen molar-refractivity contribution in [2.75, 3.05) is 13.1 Å². The molecule has 0 aliphatic heterocycles. The molecule has 1 aliphatic carbocycles. The van der Waals surface area contributed by atoms with Crippen molar-refractivity contribution in [2.45, 2.75) is 44.7 Å². The highest BCUT2D eigenvalue weighted by Crippen LogP contribution is 2.17. The summed E-state index contributed by atoms with van der Waals surface area (Å²) < 4.78 is 35.6. The number of carbonyl (C=O) groups is 1. The SMILES string of the molecule is O=C(CNCC(F)(F)F)C1=CCCCCCC1. The van der Waals surface area contributed by atoms with Crippen molar-refractivity contribution in [3.63, 3.8) is 0 Å². The molecule has 0 fully saturated rings. The molecule has 1 aliphatic rings. The smallest absolute Gasteiger partial charge is 0.302 e. The molecule has 0 heterocycles. The van der Waals surface area contributed by atoms with Gasteiger partial charge in [0.05, 0.1) is 13.1 Å². The number of hydrogen-bond donors (Lipinski definition) is 1. The summed E-state index contributed by atoms with van der Waals surface area (Å²) in [6.45, 7) is -1.32. The first-order valence-corrected chi connectivity index (χ1v) is 5.99. The van der Waals surface area contributed by atoms with Crippen LogP contribution in [0, 0.1) is 0 Å². The first kappa shape index (κ1) is 14.2. The molecule has 98 valence electrons. The number of nitrogens with one attached hydrogen (secondary N) is 1. The Hall–Kier alpha value is -0.840. The first-order valence-electron chi connectivity index (χ1n) is 5.99. The normalized spacial score (nSPS) is 18.2. The van der Waals surface area contributed by atoms with Gasteiger partial charge in [0.1, 0.15) is 0 Å². The summed E-state index contributed by atoms with van der Waals surface area (Å²) in [5.41, 5.74) is 0.694. The number of Topliss-reactive ketones (excluding diaryl/α,β-unsaturated/α-hetero) is 1. The predicted octanol–water partition coefficient (Wildman–Crippen LogP) is 2.99. The Morgan fingerprint density at radius 2 is 1.94 bits per heavy atom. The monoisotopic (exact) mass is 249 g/mol. The zero-order valence-corrected chi connectivity index (χ0v) is 9.78. The van der Waals surface area contributed by atoms with Crippen LogP contribution < -0.4 is 5.32 Å². The summed E-state index contributed by atoms with van der Waals surface area (Å²) in [6.07, 6.45) is 3.48. The van der Waals surface area contributed by atoms with Gasteiger partial charge in [0.25, 0.3) is 0 Å². The van der Waals surface area contributed by atoms with Crippen LogP contribution in [-0.2, 0) is 4.79 Å². The van der Waals surface area contributed by atoms with Crippen molar-refractivity contribution < 1.29 is 18.0 Å². The molecular weight excluding hydrogens is 231 g/mol. The number of alkyl halides is 3. The number of carbonyl (C=O) groups excluding carboxylic acids is 1. The zero-order chi connectivity index (χ0) is 12.7. The van der Waals surface area contributed by atoms with Gasteiger partial charge in [0, 0.05) is 0 Å². The summed E-state index contributed by atoms with van der Waals surface area (Å²) in [4.78, 5) is 11.7. The van der Waals surface area contributed by atoms with E-state index < -0.39 is 12.7 Å². The van der Waals surface area contributed by atoms with E-state index in [0.29, 0.717) is 12.0 Å². The third-order valence-corrected chi connectivity index (χ3v) is 2.76. The lowest BCUT2D eigenvalue weighted by Crippen LogP contribution is -2.33. The van der Waals surface area contributed by atoms with E-state index >= 15 is 0 Å². The number of ketones is 1. The molecule has 1 N–H and O–H groups in total. The van der Waals surface area contributed by atoms with Gasteiger partial charge in [-0.05, 0) is 31.3 Å². The number of rotatable bonds is 4. The molecule has 5 heteroatoms. The fourth-order valence-corrected chi connectivity index (χ4v) is 1.88. The van der Waals surface area contributed by atoms with Crippen LogP contribution in [0.4, 0.5) is 13.2 Å². The van der Waals surface area contributed by atoms with Gasteiger partial charge in [0.2, 0.25) is 0 Å². The van der Waals surface area contributed by atoms with Crippen LogP contribution in [0.2, 0.25) is 0 Å². The second kappa shape index (κ2) is 6.79. The number of halogens is 3. The van der Waals surface area contributed by atoms with Gasteiger partial charge in [-0.2, -0.15) is 13.2 Å². The van der Waals surface area contributed by atoms with Gasteiger partial charge >= 0.3 is 6.18 Å². The quantitative estimate of drug-likeness (QED) is 0.829. The van der Waals surface area contributed by atoms with Gasteiger partial charge in [-0.1, -0.05) is 18.9 Å². The van der Waals surface area contributed by atoms with Gasteiger partial charge in [-0.25, -0.2) is 0 Å². The average Bonchev–Trinajstić information content (AvgIpc) is 2.14. The Labute approximate surface area is 99.3 Å². The molecule has 17 heavy (non-hydrogen) atoms. The summed E-state index contributed by atoms with van der Waals surface area (Å²) in [6, 6.07) is 0. The molecule has 0 amide bonds. The van der Waals surface area contributed by atoms with Crippen LogP contribution in [0.15, 0.2) is 11.6 Å². The maximum atomic E-state index is 11.9. The Morgan fingerprint density at radius 1 is 1.24 bits per heavy atom. The molecule has 0 aromatic rings. The molecule has 2 nitrogen and oxygen atoms in total. The van der Waals surface area contributed by atoms with E-state index in [1.54, 1.807) is 0 Å². The van der Waals surface area contributed by atoms with Crippen LogP contribution in [-0.4, -0.2) is 25.0 Å². The molecule has 0 unspecified atom stereocenters. The summed E-state index contributed by atoms with van der Waals surface area (Å²) in [5.74, 6) is -0.198. The lowest BCUT2D eigenvalue weighted by atomic mass is 9.97. The number of hydrogen-bond acceptors (Lipinski definition) is 2. The van der Waals surface area contributed by atoms with Crippen molar-refractivity contribution >= 4 is 5.78 Å². The third kappa shape index (κ3) is 6.46. The first-order chi connectivity index (χ1) is 7.99. The van der Waals surface area contributed by atoms with Gasteiger partial charge in [-0.15, -0.1) is 0 Å². The molecule has 0 spiro atoms. The van der Waals surface area contributed by atoms with Crippen molar-refractivity contribution in [3.8, 4) is 0 Å². The maximum absolute atomic E-state index is 11.9. The summed E-state index contributed by atoms with van der Waals surface area (Å²) in [5, 5.41) is 2.14. The molecular formula is C12H18F3NO. The van der Waals surface area contributed by atoms with E-state index in [0.717, 1.165) is 25.7 Å². The Kier molecular flexibility index (Phi) is 5.68. The highest BCUT2D eigenvalue weighted by molar-refractivity contribution is 5.96. The minimum atomic E-state index is -4.25. The molecule has 0 aromatic heterocycles. The molecule has 0 saturated heterocycles. The second-order valence-corrected chi connectivity index (χ2v) is 4.32. The van der Waals surface area contributed by atoms with Crippen molar-refractivity contribution in [1.29, 1.82) is 0 Å². The second-order valence-electron chi connectivity index (χ2n) is 4.32. The fourth-order valence-electron chi connectivity index (χ4n) is 1.88. The summed E-state index contributed by atoms with van der Waals surface area (Å²) in [7, 11) is 0. The molecule has 0 atom stereocenters. The van der Waals surface area contributed by atoms with Crippen molar-refractivity contribution in [3.05, 3.63) is 11.6 Å². The van der Waals surface area contributed by atoms with Crippen LogP contribution in [0.25, 0.3) is 0 Å². The molecule has 0 aromatic carbocycles. The minimum absolute atomic E-state index is 0.198. The largest absolute Gasteiger partial charge is 0.401 e. The lowest BCUT2D eigenvalue weighted by molar-refractivity contribution is -0.126. The molecule has 0 bridgehead atoms. The van der Waals surface area contributed by atoms with E-state index in [1.807, 2.05) is 6.08 Å². The fraction of sp³-hybridized carbons (Fsp3) is 0.750. The Balaban J connectivity index is 2.35. The van der Waals surface area contributed by atoms with E-state index in [4.69, 9.17) is 0 Å². The molecule has 0 radical (unpaired) electrons. The molecule has 0 saturated carbocycles. The van der Waals surface area contributed by atoms with Gasteiger partial charge in [0.15, 0.2) is 5.78 Å². The summed E-state index contributed by atoms with van der Waals surface area (Å²) >= 11 is 0. The number of allylic oxidation sites excluding steroid dienone is 1. The van der Waals surface area contributed by atoms with E-state index in [-0.39, 0.29) is 12.3 Å². The Morgan fingerprint density at radius 3 is 2.65 bits per heavy atom. The third-order valence-electron chi connectivity index (χ3n) is 2.76. The van der Waals surface area contributed by atoms with Crippen LogP contribution >= 0.6 is 0 Å².